The number of hydrogen-bond acceptors (Lipinski definition) is 6. The molecule has 0 saturated heterocycles. The van der Waals surface area contributed by atoms with Gasteiger partial charge in [-0.1, -0.05) is 18.2 Å². The zero-order valence-corrected chi connectivity index (χ0v) is 14.8. The second-order valence-corrected chi connectivity index (χ2v) is 7.72. The molecule has 0 unspecified atom stereocenters. The maximum atomic E-state index is 12.7. The molecule has 0 aliphatic carbocycles. The van der Waals surface area contributed by atoms with E-state index in [1.807, 2.05) is 19.1 Å². The summed E-state index contributed by atoms with van der Waals surface area (Å²) < 4.78 is 28.0. The minimum atomic E-state index is -3.70. The molecule has 1 aliphatic rings. The van der Waals surface area contributed by atoms with Crippen molar-refractivity contribution in [1.82, 2.24) is 9.97 Å². The van der Waals surface area contributed by atoms with Crippen LogP contribution in [0.2, 0.25) is 0 Å². The summed E-state index contributed by atoms with van der Waals surface area (Å²) >= 11 is 0. The summed E-state index contributed by atoms with van der Waals surface area (Å²) in [7, 11) is -3.70. The molecule has 0 amide bonds. The van der Waals surface area contributed by atoms with Gasteiger partial charge in [0.05, 0.1) is 4.90 Å². The highest BCUT2D eigenvalue weighted by molar-refractivity contribution is 7.92. The molecule has 1 aromatic heterocycles. The standard InChI is InChI=1S/C18H17N5O2S/c1-12-10-20-18-21-14-5-3-7-16(9-14)26(24,25)23-15-6-2-4-13(8-15)11-19-17(12)22-18/h2-10,23H,11H2,1H3,(H2,19,20,21,22). The average Bonchev–Trinajstić information content (AvgIpc) is 2.62. The first kappa shape index (κ1) is 16.3. The van der Waals surface area contributed by atoms with Crippen LogP contribution in [0.25, 0.3) is 0 Å². The number of hydrogen-bond donors (Lipinski definition) is 3. The van der Waals surface area contributed by atoms with E-state index in [-0.39, 0.29) is 4.90 Å². The summed E-state index contributed by atoms with van der Waals surface area (Å²) in [4.78, 5) is 8.92. The molecule has 3 aromatic rings. The molecule has 7 nitrogen and oxygen atoms in total. The molecule has 132 valence electrons. The van der Waals surface area contributed by atoms with Gasteiger partial charge in [0, 0.05) is 29.7 Å². The van der Waals surface area contributed by atoms with E-state index in [2.05, 4.69) is 25.3 Å². The normalized spacial score (nSPS) is 15.0. The van der Waals surface area contributed by atoms with E-state index in [1.54, 1.807) is 42.6 Å². The maximum absolute atomic E-state index is 12.7. The molecule has 0 atom stereocenters. The zero-order chi connectivity index (χ0) is 18.1. The van der Waals surface area contributed by atoms with Crippen LogP contribution in [0.15, 0.2) is 59.6 Å². The number of rotatable bonds is 0. The van der Waals surface area contributed by atoms with Crippen LogP contribution in [0.3, 0.4) is 0 Å². The Balaban J connectivity index is 1.86. The molecule has 1 aliphatic heterocycles. The Morgan fingerprint density at radius 3 is 2.73 bits per heavy atom. The van der Waals surface area contributed by atoms with Crippen molar-refractivity contribution in [2.24, 2.45) is 0 Å². The Morgan fingerprint density at radius 1 is 1.04 bits per heavy atom. The molecule has 2 heterocycles. The van der Waals surface area contributed by atoms with Crippen LogP contribution in [0.1, 0.15) is 11.1 Å². The van der Waals surface area contributed by atoms with Crippen LogP contribution in [-0.4, -0.2) is 18.4 Å². The average molecular weight is 367 g/mol. The highest BCUT2D eigenvalue weighted by Gasteiger charge is 2.16. The van der Waals surface area contributed by atoms with E-state index >= 15 is 0 Å². The molecule has 2 aromatic carbocycles. The van der Waals surface area contributed by atoms with Crippen LogP contribution in [-0.2, 0) is 16.6 Å². The smallest absolute Gasteiger partial charge is 0.261 e. The van der Waals surface area contributed by atoms with Crippen molar-refractivity contribution in [2.45, 2.75) is 18.4 Å². The number of fused-ring (bicyclic) bond motifs is 6. The highest BCUT2D eigenvalue weighted by atomic mass is 32.2. The van der Waals surface area contributed by atoms with Gasteiger partial charge < -0.3 is 10.6 Å². The molecule has 4 rings (SSSR count). The van der Waals surface area contributed by atoms with Gasteiger partial charge in [0.2, 0.25) is 5.95 Å². The van der Waals surface area contributed by atoms with Crippen LogP contribution in [0.5, 0.6) is 0 Å². The lowest BCUT2D eigenvalue weighted by Gasteiger charge is -2.14. The number of benzene rings is 2. The molecule has 3 N–H and O–H groups in total. The molecule has 26 heavy (non-hydrogen) atoms. The summed E-state index contributed by atoms with van der Waals surface area (Å²) in [6.45, 7) is 2.44. The van der Waals surface area contributed by atoms with Gasteiger partial charge in [0.25, 0.3) is 10.0 Å². The largest absolute Gasteiger partial charge is 0.366 e. The third-order valence-corrected chi connectivity index (χ3v) is 5.39. The molecule has 0 spiro atoms. The third-order valence-electron chi connectivity index (χ3n) is 4.01. The molecule has 8 heteroatoms. The highest BCUT2D eigenvalue weighted by Crippen LogP contribution is 2.23. The Labute approximate surface area is 151 Å². The topological polar surface area (TPSA) is 96.0 Å². The number of nitrogens with zero attached hydrogens (tertiary/aromatic N) is 2. The Morgan fingerprint density at radius 2 is 1.85 bits per heavy atom. The second kappa shape index (κ2) is 6.30. The first-order valence-electron chi connectivity index (χ1n) is 8.06. The Bertz CT molecular complexity index is 1080. The van der Waals surface area contributed by atoms with Gasteiger partial charge in [0.1, 0.15) is 5.82 Å². The monoisotopic (exact) mass is 367 g/mol. The summed E-state index contributed by atoms with van der Waals surface area (Å²) in [5.74, 6) is 1.12. The van der Waals surface area contributed by atoms with Crippen molar-refractivity contribution in [3.8, 4) is 0 Å². The third kappa shape index (κ3) is 3.31. The van der Waals surface area contributed by atoms with Crippen molar-refractivity contribution in [3.63, 3.8) is 0 Å². The molecule has 0 fully saturated rings. The fourth-order valence-corrected chi connectivity index (χ4v) is 3.79. The number of anilines is 4. The van der Waals surface area contributed by atoms with E-state index in [0.29, 0.717) is 23.9 Å². The first-order chi connectivity index (χ1) is 12.5. The van der Waals surface area contributed by atoms with Crippen molar-refractivity contribution >= 4 is 33.2 Å². The Kier molecular flexibility index (Phi) is 3.96. The predicted molar refractivity (Wildman–Crippen MR) is 101 cm³/mol. The van der Waals surface area contributed by atoms with E-state index in [4.69, 9.17) is 0 Å². The number of aromatic nitrogens is 2. The van der Waals surface area contributed by atoms with Crippen molar-refractivity contribution in [1.29, 1.82) is 0 Å². The molecule has 6 bridgehead atoms. The Hall–Kier alpha value is -3.13. The molecular weight excluding hydrogens is 350 g/mol. The summed E-state index contributed by atoms with van der Waals surface area (Å²) in [6.07, 6.45) is 1.72. The summed E-state index contributed by atoms with van der Waals surface area (Å²) in [5.41, 5.74) is 2.96. The molecular formula is C18H17N5O2S. The van der Waals surface area contributed by atoms with Crippen molar-refractivity contribution < 1.29 is 8.42 Å². The number of sulfonamides is 1. The van der Waals surface area contributed by atoms with Gasteiger partial charge in [-0.25, -0.2) is 13.4 Å². The molecule has 0 saturated carbocycles. The van der Waals surface area contributed by atoms with E-state index in [9.17, 15) is 8.42 Å². The van der Waals surface area contributed by atoms with Crippen LogP contribution < -0.4 is 15.4 Å². The number of aryl methyl sites for hydroxylation is 1. The van der Waals surface area contributed by atoms with Crippen LogP contribution in [0, 0.1) is 6.92 Å². The summed E-state index contributed by atoms with van der Waals surface area (Å²) in [6, 6.07) is 13.8. The lowest BCUT2D eigenvalue weighted by atomic mass is 10.2. The number of nitrogens with one attached hydrogen (secondary N) is 3. The van der Waals surface area contributed by atoms with Crippen LogP contribution in [0.4, 0.5) is 23.1 Å². The van der Waals surface area contributed by atoms with Crippen molar-refractivity contribution in [2.75, 3.05) is 15.4 Å². The fraction of sp³-hybridized carbons (Fsp3) is 0.111. The predicted octanol–water partition coefficient (Wildman–Crippen LogP) is 3.25. The summed E-state index contributed by atoms with van der Waals surface area (Å²) in [5, 5.41) is 6.33. The van der Waals surface area contributed by atoms with Gasteiger partial charge in [-0.2, -0.15) is 4.98 Å². The van der Waals surface area contributed by atoms with E-state index < -0.39 is 10.0 Å². The first-order valence-corrected chi connectivity index (χ1v) is 9.54. The van der Waals surface area contributed by atoms with Gasteiger partial charge >= 0.3 is 0 Å². The minimum Gasteiger partial charge on any atom is -0.366 e. The fourth-order valence-electron chi connectivity index (χ4n) is 2.70. The van der Waals surface area contributed by atoms with Crippen molar-refractivity contribution in [3.05, 3.63) is 65.9 Å². The van der Waals surface area contributed by atoms with Gasteiger partial charge in [-0.15, -0.1) is 0 Å². The lowest BCUT2D eigenvalue weighted by Crippen LogP contribution is -2.14. The zero-order valence-electron chi connectivity index (χ0n) is 14.0. The second-order valence-electron chi connectivity index (χ2n) is 6.04. The quantitative estimate of drug-likeness (QED) is 0.564. The SMILES string of the molecule is Cc1cnc2nc1NCc1cccc(c1)NS(=O)(=O)c1cccc(c1)N2. The maximum Gasteiger partial charge on any atom is 0.261 e. The van der Waals surface area contributed by atoms with Gasteiger partial charge in [0.15, 0.2) is 0 Å². The van der Waals surface area contributed by atoms with Gasteiger partial charge in [-0.3, -0.25) is 4.72 Å². The van der Waals surface area contributed by atoms with E-state index in [1.165, 1.54) is 0 Å². The lowest BCUT2D eigenvalue weighted by molar-refractivity contribution is 0.601. The molecule has 0 radical (unpaired) electrons. The van der Waals surface area contributed by atoms with E-state index in [0.717, 1.165) is 16.9 Å². The van der Waals surface area contributed by atoms with Gasteiger partial charge in [-0.05, 0) is 42.8 Å². The minimum absolute atomic E-state index is 0.162. The van der Waals surface area contributed by atoms with Crippen LogP contribution >= 0.6 is 0 Å².